The van der Waals surface area contributed by atoms with E-state index in [1.54, 1.807) is 0 Å². The molecule has 4 N–H and O–H groups in total. The minimum atomic E-state index is -0.702. The maximum atomic E-state index is 13.3. The van der Waals surface area contributed by atoms with Crippen LogP contribution in [0.25, 0.3) is 0 Å². The normalized spacial score (nSPS) is 29.8. The number of carbonyl (C=O) groups is 2. The predicted molar refractivity (Wildman–Crippen MR) is 111 cm³/mol. The highest BCUT2D eigenvalue weighted by molar-refractivity contribution is 5.78. The van der Waals surface area contributed by atoms with Gasteiger partial charge in [0.05, 0.1) is 18.7 Å². The molecule has 0 aromatic heterocycles. The van der Waals surface area contributed by atoms with Crippen LogP contribution in [0, 0.1) is 17.6 Å². The van der Waals surface area contributed by atoms with Gasteiger partial charge in [-0.05, 0) is 62.1 Å². The molecule has 2 amide bonds. The SMILES string of the molecule is O=C(Cc1cc(F)cc(F)c1)NC1CC([C@@H]2CC[C@H](OC(=O)NC[C@H]3CCCO3)C2)NN1. The molecule has 0 bridgehead atoms. The largest absolute Gasteiger partial charge is 0.446 e. The lowest BCUT2D eigenvalue weighted by atomic mass is 9.96. The molecule has 8 nitrogen and oxygen atoms in total. The van der Waals surface area contributed by atoms with Gasteiger partial charge in [-0.3, -0.25) is 10.2 Å². The summed E-state index contributed by atoms with van der Waals surface area (Å²) in [5.41, 5.74) is 6.57. The van der Waals surface area contributed by atoms with Crippen molar-refractivity contribution >= 4 is 12.0 Å². The highest BCUT2D eigenvalue weighted by atomic mass is 19.1. The molecule has 1 aromatic rings. The summed E-state index contributed by atoms with van der Waals surface area (Å²) in [5, 5.41) is 5.62. The van der Waals surface area contributed by atoms with Crippen LogP contribution in [-0.4, -0.2) is 49.6 Å². The van der Waals surface area contributed by atoms with E-state index in [0.717, 1.165) is 56.9 Å². The van der Waals surface area contributed by atoms with E-state index < -0.39 is 17.7 Å². The molecule has 1 aliphatic carbocycles. The Labute approximate surface area is 185 Å². The number of amides is 2. The molecule has 0 radical (unpaired) electrons. The van der Waals surface area contributed by atoms with E-state index in [0.29, 0.717) is 18.9 Å². The topological polar surface area (TPSA) is 101 Å². The van der Waals surface area contributed by atoms with Crippen LogP contribution in [-0.2, 0) is 20.7 Å². The molecule has 5 atom stereocenters. The van der Waals surface area contributed by atoms with Gasteiger partial charge in [0.25, 0.3) is 0 Å². The molecule has 3 aliphatic rings. The Morgan fingerprint density at radius 3 is 2.66 bits per heavy atom. The van der Waals surface area contributed by atoms with Crippen molar-refractivity contribution in [1.82, 2.24) is 21.5 Å². The lowest BCUT2D eigenvalue weighted by Gasteiger charge is -2.18. The quantitative estimate of drug-likeness (QED) is 0.504. The summed E-state index contributed by atoms with van der Waals surface area (Å²) in [7, 11) is 0. The van der Waals surface area contributed by atoms with E-state index >= 15 is 0 Å². The van der Waals surface area contributed by atoms with E-state index in [9.17, 15) is 18.4 Å². The van der Waals surface area contributed by atoms with Gasteiger partial charge < -0.3 is 20.1 Å². The van der Waals surface area contributed by atoms with Crippen molar-refractivity contribution in [2.75, 3.05) is 13.2 Å². The van der Waals surface area contributed by atoms with Crippen molar-refractivity contribution in [1.29, 1.82) is 0 Å². The first-order valence-electron chi connectivity index (χ1n) is 11.3. The number of hydrogen-bond acceptors (Lipinski definition) is 6. The second-order valence-corrected chi connectivity index (χ2v) is 8.82. The molecule has 3 fully saturated rings. The summed E-state index contributed by atoms with van der Waals surface area (Å²) >= 11 is 0. The summed E-state index contributed by atoms with van der Waals surface area (Å²) < 4.78 is 37.6. The Balaban J connectivity index is 1.16. The minimum absolute atomic E-state index is 0.0831. The van der Waals surface area contributed by atoms with Gasteiger partial charge >= 0.3 is 6.09 Å². The number of carbonyl (C=O) groups excluding carboxylic acids is 2. The molecule has 2 unspecified atom stereocenters. The Morgan fingerprint density at radius 1 is 1.09 bits per heavy atom. The Morgan fingerprint density at radius 2 is 1.91 bits per heavy atom. The summed E-state index contributed by atoms with van der Waals surface area (Å²) in [6, 6.07) is 3.22. The number of hydrazine groups is 1. The minimum Gasteiger partial charge on any atom is -0.446 e. The molecule has 1 aromatic carbocycles. The molecule has 2 heterocycles. The lowest BCUT2D eigenvalue weighted by Crippen LogP contribution is -2.45. The van der Waals surface area contributed by atoms with Gasteiger partial charge in [-0.2, -0.15) is 0 Å². The first-order valence-corrected chi connectivity index (χ1v) is 11.3. The van der Waals surface area contributed by atoms with Crippen LogP contribution >= 0.6 is 0 Å². The van der Waals surface area contributed by atoms with E-state index in [1.165, 1.54) is 0 Å². The number of rotatable bonds is 7. The zero-order valence-corrected chi connectivity index (χ0v) is 17.9. The highest BCUT2D eigenvalue weighted by Crippen LogP contribution is 2.33. The number of halogens is 2. The third-order valence-corrected chi connectivity index (χ3v) is 6.32. The van der Waals surface area contributed by atoms with Crippen molar-refractivity contribution in [3.05, 3.63) is 35.4 Å². The second-order valence-electron chi connectivity index (χ2n) is 8.82. The summed E-state index contributed by atoms with van der Waals surface area (Å²) in [5.74, 6) is -1.40. The Bertz CT molecular complexity index is 801. The third-order valence-electron chi connectivity index (χ3n) is 6.32. The summed E-state index contributed by atoms with van der Waals surface area (Å²) in [4.78, 5) is 24.3. The van der Waals surface area contributed by atoms with Crippen molar-refractivity contribution in [3.8, 4) is 0 Å². The molecule has 2 saturated heterocycles. The second kappa shape index (κ2) is 10.5. The fourth-order valence-electron chi connectivity index (χ4n) is 4.77. The zero-order chi connectivity index (χ0) is 22.5. The van der Waals surface area contributed by atoms with Gasteiger partial charge in [0.2, 0.25) is 5.91 Å². The molecule has 10 heteroatoms. The monoisotopic (exact) mass is 452 g/mol. The van der Waals surface area contributed by atoms with Crippen molar-refractivity contribution in [2.24, 2.45) is 5.92 Å². The third kappa shape index (κ3) is 6.36. The zero-order valence-electron chi connectivity index (χ0n) is 17.9. The molecule has 32 heavy (non-hydrogen) atoms. The lowest BCUT2D eigenvalue weighted by molar-refractivity contribution is -0.121. The van der Waals surface area contributed by atoms with Crippen LogP contribution < -0.4 is 21.5 Å². The molecular weight excluding hydrogens is 422 g/mol. The molecule has 176 valence electrons. The number of alkyl carbamates (subject to hydrolysis) is 1. The number of benzene rings is 1. The number of nitrogens with one attached hydrogen (secondary N) is 4. The molecular formula is C22H30F2N4O4. The smallest absolute Gasteiger partial charge is 0.407 e. The van der Waals surface area contributed by atoms with E-state index in [2.05, 4.69) is 21.5 Å². The maximum Gasteiger partial charge on any atom is 0.407 e. The molecule has 2 aliphatic heterocycles. The Hall–Kier alpha value is -2.30. The molecule has 4 rings (SSSR count). The van der Waals surface area contributed by atoms with E-state index in [1.807, 2.05) is 0 Å². The van der Waals surface area contributed by atoms with Crippen LogP contribution in [0.15, 0.2) is 18.2 Å². The predicted octanol–water partition coefficient (Wildman–Crippen LogP) is 1.89. The fourth-order valence-corrected chi connectivity index (χ4v) is 4.77. The van der Waals surface area contributed by atoms with E-state index in [4.69, 9.17) is 9.47 Å². The van der Waals surface area contributed by atoms with Crippen molar-refractivity contribution < 1.29 is 27.8 Å². The van der Waals surface area contributed by atoms with Crippen LogP contribution in [0.2, 0.25) is 0 Å². The summed E-state index contributed by atoms with van der Waals surface area (Å²) in [6.45, 7) is 1.23. The average Bonchev–Trinajstić information content (AvgIpc) is 3.47. The van der Waals surface area contributed by atoms with Gasteiger partial charge in [0.1, 0.15) is 17.7 Å². The van der Waals surface area contributed by atoms with Gasteiger partial charge in [-0.15, -0.1) is 0 Å². The summed E-state index contributed by atoms with van der Waals surface area (Å²) in [6.07, 6.45) is 4.33. The highest BCUT2D eigenvalue weighted by Gasteiger charge is 2.37. The van der Waals surface area contributed by atoms with Crippen LogP contribution in [0.3, 0.4) is 0 Å². The first kappa shape index (κ1) is 22.9. The van der Waals surface area contributed by atoms with Crippen LogP contribution in [0.1, 0.15) is 44.1 Å². The van der Waals surface area contributed by atoms with Crippen LogP contribution in [0.5, 0.6) is 0 Å². The van der Waals surface area contributed by atoms with Gasteiger partial charge in [0.15, 0.2) is 0 Å². The standard InChI is InChI=1S/C22H30F2N4O4/c23-15-6-13(7-16(24)10-15)8-21(29)26-20-11-19(27-28-20)14-3-4-17(9-14)32-22(30)25-12-18-2-1-5-31-18/h6-7,10,14,17-20,27-28H,1-5,8-9,11-12H2,(H,25,30)(H,26,29)/t14-,17+,18-,19?,20?/m1/s1. The van der Waals surface area contributed by atoms with Gasteiger partial charge in [0, 0.05) is 25.3 Å². The van der Waals surface area contributed by atoms with E-state index in [-0.39, 0.29) is 42.3 Å². The van der Waals surface area contributed by atoms with Gasteiger partial charge in [-0.25, -0.2) is 19.0 Å². The fraction of sp³-hybridized carbons (Fsp3) is 0.636. The number of ether oxygens (including phenoxy) is 2. The first-order chi connectivity index (χ1) is 15.4. The van der Waals surface area contributed by atoms with Crippen molar-refractivity contribution in [3.63, 3.8) is 0 Å². The van der Waals surface area contributed by atoms with Crippen LogP contribution in [0.4, 0.5) is 13.6 Å². The number of hydrogen-bond donors (Lipinski definition) is 4. The van der Waals surface area contributed by atoms with Gasteiger partial charge in [-0.1, -0.05) is 0 Å². The maximum absolute atomic E-state index is 13.3. The molecule has 1 saturated carbocycles. The molecule has 0 spiro atoms. The Kier molecular flexibility index (Phi) is 7.54. The van der Waals surface area contributed by atoms with Crippen molar-refractivity contribution in [2.45, 2.75) is 69.4 Å². The average molecular weight is 453 g/mol.